The molecule has 1 aliphatic rings. The number of carbonyl (C=O) groups is 1. The molecule has 0 bridgehead atoms. The van der Waals surface area contributed by atoms with Gasteiger partial charge in [0.1, 0.15) is 0 Å². The van der Waals surface area contributed by atoms with Crippen molar-refractivity contribution in [3.05, 3.63) is 54.1 Å². The molecule has 1 aromatic heterocycles. The van der Waals surface area contributed by atoms with Crippen LogP contribution in [0.3, 0.4) is 0 Å². The minimum atomic E-state index is -0.626. The van der Waals surface area contributed by atoms with Crippen molar-refractivity contribution in [2.45, 2.75) is 44.1 Å². The van der Waals surface area contributed by atoms with Gasteiger partial charge in [-0.1, -0.05) is 12.1 Å². The topological polar surface area (TPSA) is 76.4 Å². The molecule has 0 aliphatic heterocycles. The maximum atomic E-state index is 12.5. The average Bonchev–Trinajstić information content (AvgIpc) is 3.11. The number of imidazole rings is 1. The molecular formula is C18H23N3O3. The molecule has 2 aromatic rings. The molecule has 2 N–H and O–H groups in total. The molecule has 24 heavy (non-hydrogen) atoms. The molecule has 1 amide bonds. The lowest BCUT2D eigenvalue weighted by molar-refractivity contribution is 0.0399. The second-order valence-electron chi connectivity index (χ2n) is 6.21. The van der Waals surface area contributed by atoms with E-state index in [1.54, 1.807) is 25.7 Å². The molecule has 0 radical (unpaired) electrons. The van der Waals surface area contributed by atoms with Crippen molar-refractivity contribution in [2.75, 3.05) is 7.11 Å². The number of ether oxygens (including phenoxy) is 1. The van der Waals surface area contributed by atoms with Crippen LogP contribution in [0.25, 0.3) is 0 Å². The number of nitrogens with zero attached hydrogens (tertiary/aromatic N) is 2. The predicted molar refractivity (Wildman–Crippen MR) is 89.5 cm³/mol. The van der Waals surface area contributed by atoms with Crippen molar-refractivity contribution in [3.63, 3.8) is 0 Å². The summed E-state index contributed by atoms with van der Waals surface area (Å²) < 4.78 is 7.02. The smallest absolute Gasteiger partial charge is 0.251 e. The van der Waals surface area contributed by atoms with Gasteiger partial charge in [-0.3, -0.25) is 4.79 Å². The molecular weight excluding hydrogens is 306 g/mol. The van der Waals surface area contributed by atoms with Crippen LogP contribution in [-0.2, 0) is 11.3 Å². The number of aromatic nitrogens is 2. The van der Waals surface area contributed by atoms with Crippen LogP contribution in [0.4, 0.5) is 0 Å². The van der Waals surface area contributed by atoms with Gasteiger partial charge < -0.3 is 19.7 Å². The largest absolute Gasteiger partial charge is 0.389 e. The van der Waals surface area contributed by atoms with Gasteiger partial charge in [-0.25, -0.2) is 4.98 Å². The highest BCUT2D eigenvalue weighted by Gasteiger charge is 2.33. The molecule has 0 unspecified atom stereocenters. The molecule has 6 heteroatoms. The van der Waals surface area contributed by atoms with Crippen molar-refractivity contribution < 1.29 is 14.6 Å². The van der Waals surface area contributed by atoms with Crippen LogP contribution >= 0.6 is 0 Å². The Morgan fingerprint density at radius 3 is 3.08 bits per heavy atom. The lowest BCUT2D eigenvalue weighted by Crippen LogP contribution is -2.49. The summed E-state index contributed by atoms with van der Waals surface area (Å²) in [6, 6.07) is 7.05. The Morgan fingerprint density at radius 1 is 1.46 bits per heavy atom. The summed E-state index contributed by atoms with van der Waals surface area (Å²) in [7, 11) is 1.63. The van der Waals surface area contributed by atoms with Crippen molar-refractivity contribution in [3.8, 4) is 0 Å². The zero-order valence-electron chi connectivity index (χ0n) is 13.8. The van der Waals surface area contributed by atoms with E-state index in [1.165, 1.54) is 0 Å². The number of nitrogens with one attached hydrogen (secondary N) is 1. The summed E-state index contributed by atoms with van der Waals surface area (Å²) in [4.78, 5) is 16.6. The summed E-state index contributed by atoms with van der Waals surface area (Å²) >= 11 is 0. The fraction of sp³-hybridized carbons (Fsp3) is 0.444. The highest BCUT2D eigenvalue weighted by molar-refractivity contribution is 5.94. The number of rotatable bonds is 5. The molecule has 1 heterocycles. The van der Waals surface area contributed by atoms with Crippen molar-refractivity contribution >= 4 is 5.91 Å². The Kier molecular flexibility index (Phi) is 5.27. The third-order valence-corrected chi connectivity index (χ3v) is 4.55. The molecule has 128 valence electrons. The van der Waals surface area contributed by atoms with Gasteiger partial charge in [0.05, 0.1) is 31.1 Å². The van der Waals surface area contributed by atoms with Gasteiger partial charge in [-0.2, -0.15) is 0 Å². The van der Waals surface area contributed by atoms with E-state index >= 15 is 0 Å². The number of hydrogen-bond donors (Lipinski definition) is 2. The van der Waals surface area contributed by atoms with Gasteiger partial charge in [0.25, 0.3) is 5.91 Å². The van der Waals surface area contributed by atoms with Gasteiger partial charge >= 0.3 is 0 Å². The zero-order valence-corrected chi connectivity index (χ0v) is 13.8. The van der Waals surface area contributed by atoms with Gasteiger partial charge in [0, 0.05) is 25.1 Å². The van der Waals surface area contributed by atoms with E-state index in [0.717, 1.165) is 24.8 Å². The van der Waals surface area contributed by atoms with Gasteiger partial charge in [0.2, 0.25) is 0 Å². The number of carbonyl (C=O) groups excluding carboxylic acids is 1. The normalized spacial score (nSPS) is 23.8. The Morgan fingerprint density at radius 2 is 2.33 bits per heavy atom. The number of aliphatic hydroxyl groups is 1. The Labute approximate surface area is 141 Å². The lowest BCUT2D eigenvalue weighted by Gasteiger charge is -2.35. The zero-order chi connectivity index (χ0) is 16.9. The Bertz CT molecular complexity index is 672. The van der Waals surface area contributed by atoms with Crippen LogP contribution in [0.15, 0.2) is 43.0 Å². The second kappa shape index (κ2) is 7.59. The third kappa shape index (κ3) is 3.66. The molecule has 6 nitrogen and oxygen atoms in total. The molecule has 1 saturated carbocycles. The van der Waals surface area contributed by atoms with E-state index in [4.69, 9.17) is 4.74 Å². The molecule has 1 fully saturated rings. The summed E-state index contributed by atoms with van der Waals surface area (Å²) in [6.45, 7) is 0.468. The number of aliphatic hydroxyl groups excluding tert-OH is 1. The Hall–Kier alpha value is -2.18. The maximum Gasteiger partial charge on any atom is 0.251 e. The van der Waals surface area contributed by atoms with Crippen molar-refractivity contribution in [2.24, 2.45) is 0 Å². The first kappa shape index (κ1) is 16.7. The number of amides is 1. The van der Waals surface area contributed by atoms with Crippen LogP contribution in [0.5, 0.6) is 0 Å². The van der Waals surface area contributed by atoms with E-state index in [9.17, 15) is 9.90 Å². The van der Waals surface area contributed by atoms with Gasteiger partial charge in [-0.15, -0.1) is 0 Å². The highest BCUT2D eigenvalue weighted by atomic mass is 16.5. The van der Waals surface area contributed by atoms with E-state index in [2.05, 4.69) is 10.3 Å². The van der Waals surface area contributed by atoms with Gasteiger partial charge in [-0.05, 0) is 37.0 Å². The summed E-state index contributed by atoms with van der Waals surface area (Å²) in [5.41, 5.74) is 1.53. The fourth-order valence-corrected chi connectivity index (χ4v) is 3.33. The molecule has 0 saturated heterocycles. The highest BCUT2D eigenvalue weighted by Crippen LogP contribution is 2.29. The van der Waals surface area contributed by atoms with Crippen molar-refractivity contribution in [1.82, 2.24) is 14.9 Å². The van der Waals surface area contributed by atoms with Crippen LogP contribution in [0.1, 0.15) is 41.2 Å². The Balaban J connectivity index is 1.68. The van der Waals surface area contributed by atoms with E-state index in [1.807, 2.05) is 29.0 Å². The minimum Gasteiger partial charge on any atom is -0.389 e. The van der Waals surface area contributed by atoms with Gasteiger partial charge in [0.15, 0.2) is 0 Å². The van der Waals surface area contributed by atoms with E-state index < -0.39 is 6.10 Å². The standard InChI is InChI=1S/C18H23N3O3/c1-24-11-13-4-2-5-14(10-13)18(23)20-15-6-3-7-16(17(15)22)21-9-8-19-12-21/h2,4-5,8-10,12,15-17,22H,3,6-7,11H2,1H3,(H,20,23)/t15-,16-,17-/m1/s1. The molecule has 1 aromatic carbocycles. The monoisotopic (exact) mass is 329 g/mol. The first-order valence-corrected chi connectivity index (χ1v) is 8.23. The molecule has 0 spiro atoms. The quantitative estimate of drug-likeness (QED) is 0.878. The van der Waals surface area contributed by atoms with E-state index in [0.29, 0.717) is 12.2 Å². The summed E-state index contributed by atoms with van der Waals surface area (Å²) in [5.74, 6) is -0.164. The molecule has 3 rings (SSSR count). The average molecular weight is 329 g/mol. The minimum absolute atomic E-state index is 0.0497. The lowest BCUT2D eigenvalue weighted by atomic mass is 9.87. The number of methoxy groups -OCH3 is 1. The summed E-state index contributed by atoms with van der Waals surface area (Å²) in [5, 5.41) is 13.6. The van der Waals surface area contributed by atoms with E-state index in [-0.39, 0.29) is 18.0 Å². The molecule has 3 atom stereocenters. The third-order valence-electron chi connectivity index (χ3n) is 4.55. The predicted octanol–water partition coefficient (Wildman–Crippen LogP) is 1.91. The molecule has 1 aliphatic carbocycles. The first-order chi connectivity index (χ1) is 11.7. The maximum absolute atomic E-state index is 12.5. The SMILES string of the molecule is COCc1cccc(C(=O)N[C@@H]2CCC[C@@H](n3ccnc3)[C@@H]2O)c1. The number of benzene rings is 1. The van der Waals surface area contributed by atoms with Crippen molar-refractivity contribution in [1.29, 1.82) is 0 Å². The van der Waals surface area contributed by atoms with Crippen LogP contribution in [-0.4, -0.2) is 39.8 Å². The van der Waals surface area contributed by atoms with Crippen LogP contribution in [0, 0.1) is 0 Å². The van der Waals surface area contributed by atoms with Crippen LogP contribution < -0.4 is 5.32 Å². The second-order valence-corrected chi connectivity index (χ2v) is 6.21. The van der Waals surface area contributed by atoms with Crippen LogP contribution in [0.2, 0.25) is 0 Å². The fourth-order valence-electron chi connectivity index (χ4n) is 3.33. The first-order valence-electron chi connectivity index (χ1n) is 8.23. The summed E-state index contributed by atoms with van der Waals surface area (Å²) in [6.07, 6.45) is 7.26. The number of hydrogen-bond acceptors (Lipinski definition) is 4.